The minimum atomic E-state index is -4.60. The third-order valence-corrected chi connectivity index (χ3v) is 5.98. The number of hydrogen-bond donors (Lipinski definition) is 1. The molecule has 1 aromatic carbocycles. The zero-order valence-electron chi connectivity index (χ0n) is 14.9. The van der Waals surface area contributed by atoms with Crippen molar-refractivity contribution >= 4 is 21.6 Å². The van der Waals surface area contributed by atoms with Crippen molar-refractivity contribution in [2.45, 2.75) is 25.6 Å². The van der Waals surface area contributed by atoms with Gasteiger partial charge in [0.25, 0.3) is 5.91 Å². The van der Waals surface area contributed by atoms with E-state index in [2.05, 4.69) is 10.4 Å². The molecule has 0 saturated carbocycles. The number of hydrogen-bond acceptors (Lipinski definition) is 5. The second-order valence-corrected chi connectivity index (χ2v) is 8.73. The number of aryl methyl sites for hydroxylation is 1. The summed E-state index contributed by atoms with van der Waals surface area (Å²) in [4.78, 5) is 12.2. The van der Waals surface area contributed by atoms with Gasteiger partial charge in [0.05, 0.1) is 28.8 Å². The highest BCUT2D eigenvalue weighted by molar-refractivity contribution is 7.91. The van der Waals surface area contributed by atoms with Crippen LogP contribution in [-0.2, 0) is 20.8 Å². The Bertz CT molecular complexity index is 986. The number of rotatable bonds is 5. The van der Waals surface area contributed by atoms with E-state index in [1.165, 1.54) is 16.8 Å². The van der Waals surface area contributed by atoms with Gasteiger partial charge in [-0.3, -0.25) is 4.79 Å². The molecule has 1 saturated heterocycles. The number of ether oxygens (including phenoxy) is 1. The van der Waals surface area contributed by atoms with E-state index in [1.807, 2.05) is 0 Å². The highest BCUT2D eigenvalue weighted by Crippen LogP contribution is 2.35. The molecule has 7 nitrogen and oxygen atoms in total. The van der Waals surface area contributed by atoms with E-state index in [9.17, 15) is 26.4 Å². The first-order valence-corrected chi connectivity index (χ1v) is 10.2. The van der Waals surface area contributed by atoms with Crippen molar-refractivity contribution in [1.29, 1.82) is 0 Å². The van der Waals surface area contributed by atoms with Crippen LogP contribution in [-0.4, -0.2) is 42.2 Å². The maximum atomic E-state index is 13.0. The van der Waals surface area contributed by atoms with Gasteiger partial charge in [-0.05, 0) is 25.5 Å². The van der Waals surface area contributed by atoms with E-state index in [1.54, 1.807) is 13.0 Å². The number of alkyl halides is 3. The Morgan fingerprint density at radius 3 is 2.71 bits per heavy atom. The summed E-state index contributed by atoms with van der Waals surface area (Å²) in [5.41, 5.74) is -0.400. The Morgan fingerprint density at radius 2 is 2.07 bits per heavy atom. The number of para-hydroxylation sites is 1. The lowest BCUT2D eigenvalue weighted by Crippen LogP contribution is -2.24. The quantitative estimate of drug-likeness (QED) is 0.808. The van der Waals surface area contributed by atoms with Crippen LogP contribution in [0.4, 0.5) is 19.0 Å². The minimum absolute atomic E-state index is 0.0430. The van der Waals surface area contributed by atoms with Crippen LogP contribution in [0.25, 0.3) is 0 Å². The molecule has 152 valence electrons. The first-order valence-electron chi connectivity index (χ1n) is 8.40. The fraction of sp³-hybridized carbons (Fsp3) is 0.412. The predicted octanol–water partition coefficient (Wildman–Crippen LogP) is 2.59. The minimum Gasteiger partial charge on any atom is -0.483 e. The number of amides is 1. The second-order valence-electron chi connectivity index (χ2n) is 6.50. The van der Waals surface area contributed by atoms with Crippen molar-refractivity contribution in [2.75, 3.05) is 23.4 Å². The molecule has 1 aromatic heterocycles. The Hall–Kier alpha value is -2.56. The summed E-state index contributed by atoms with van der Waals surface area (Å²) < 4.78 is 68.8. The van der Waals surface area contributed by atoms with Crippen LogP contribution in [0.15, 0.2) is 30.3 Å². The first-order chi connectivity index (χ1) is 13.0. The van der Waals surface area contributed by atoms with Crippen LogP contribution in [0.3, 0.4) is 0 Å². The number of nitrogens with one attached hydrogen (secondary N) is 1. The van der Waals surface area contributed by atoms with E-state index in [4.69, 9.17) is 4.74 Å². The smallest absolute Gasteiger partial charge is 0.419 e. The van der Waals surface area contributed by atoms with Crippen LogP contribution < -0.4 is 10.1 Å². The highest BCUT2D eigenvalue weighted by Gasteiger charge is 2.34. The predicted molar refractivity (Wildman–Crippen MR) is 94.8 cm³/mol. The van der Waals surface area contributed by atoms with Crippen LogP contribution in [0.5, 0.6) is 5.75 Å². The molecule has 1 N–H and O–H groups in total. The summed E-state index contributed by atoms with van der Waals surface area (Å²) in [5, 5.41) is 6.75. The molecule has 2 heterocycles. The van der Waals surface area contributed by atoms with Crippen molar-refractivity contribution in [3.05, 3.63) is 41.6 Å². The number of carbonyl (C=O) groups is 1. The summed E-state index contributed by atoms with van der Waals surface area (Å²) in [7, 11) is -3.15. The summed E-state index contributed by atoms with van der Waals surface area (Å²) in [6, 6.07) is 5.77. The molecule has 1 unspecified atom stereocenters. The molecule has 1 amide bonds. The molecule has 2 aromatic rings. The maximum absolute atomic E-state index is 13.0. The van der Waals surface area contributed by atoms with Gasteiger partial charge in [-0.15, -0.1) is 0 Å². The van der Waals surface area contributed by atoms with Crippen molar-refractivity contribution < 1.29 is 31.1 Å². The molecule has 1 fully saturated rings. The molecule has 1 aliphatic heterocycles. The largest absolute Gasteiger partial charge is 0.483 e. The third-order valence-electron chi connectivity index (χ3n) is 4.23. The lowest BCUT2D eigenvalue weighted by atomic mass is 10.2. The average molecular weight is 417 g/mol. The van der Waals surface area contributed by atoms with Crippen molar-refractivity contribution in [3.63, 3.8) is 0 Å². The van der Waals surface area contributed by atoms with Gasteiger partial charge in [-0.2, -0.15) is 18.3 Å². The molecule has 0 radical (unpaired) electrons. The number of sulfone groups is 1. The van der Waals surface area contributed by atoms with Crippen LogP contribution in [0.1, 0.15) is 23.7 Å². The zero-order chi connectivity index (χ0) is 20.5. The van der Waals surface area contributed by atoms with E-state index < -0.39 is 45.9 Å². The van der Waals surface area contributed by atoms with Gasteiger partial charge in [0.2, 0.25) is 0 Å². The zero-order valence-corrected chi connectivity index (χ0v) is 15.7. The third kappa shape index (κ3) is 4.64. The summed E-state index contributed by atoms with van der Waals surface area (Å²) in [6.07, 6.45) is -4.22. The summed E-state index contributed by atoms with van der Waals surface area (Å²) in [5.74, 6) is -0.888. The van der Waals surface area contributed by atoms with Gasteiger partial charge < -0.3 is 10.1 Å². The Labute approximate surface area is 159 Å². The molecular formula is C17H18F3N3O4S. The fourth-order valence-corrected chi connectivity index (χ4v) is 4.70. The molecule has 1 atom stereocenters. The van der Waals surface area contributed by atoms with Gasteiger partial charge in [-0.1, -0.05) is 12.1 Å². The number of aromatic nitrogens is 2. The van der Waals surface area contributed by atoms with Gasteiger partial charge in [0, 0.05) is 6.07 Å². The number of carbonyl (C=O) groups excluding carboxylic acids is 1. The van der Waals surface area contributed by atoms with Crippen molar-refractivity contribution in [1.82, 2.24) is 9.78 Å². The number of benzene rings is 1. The molecule has 3 rings (SSSR count). The van der Waals surface area contributed by atoms with Crippen LogP contribution in [0, 0.1) is 6.92 Å². The van der Waals surface area contributed by atoms with Gasteiger partial charge >= 0.3 is 6.18 Å². The normalized spacial score (nSPS) is 18.8. The highest BCUT2D eigenvalue weighted by atomic mass is 32.2. The first kappa shape index (κ1) is 20.2. The van der Waals surface area contributed by atoms with Crippen molar-refractivity contribution in [3.8, 4) is 5.75 Å². The molecule has 0 aliphatic carbocycles. The van der Waals surface area contributed by atoms with E-state index in [0.717, 1.165) is 12.1 Å². The van der Waals surface area contributed by atoms with E-state index in [-0.39, 0.29) is 17.3 Å². The van der Waals surface area contributed by atoms with Gasteiger partial charge in [0.1, 0.15) is 11.6 Å². The van der Waals surface area contributed by atoms with Crippen molar-refractivity contribution in [2.24, 2.45) is 0 Å². The van der Waals surface area contributed by atoms with Crippen LogP contribution in [0.2, 0.25) is 0 Å². The summed E-state index contributed by atoms with van der Waals surface area (Å²) in [6.45, 7) is 1.05. The van der Waals surface area contributed by atoms with Crippen LogP contribution >= 0.6 is 0 Å². The van der Waals surface area contributed by atoms with Gasteiger partial charge in [0.15, 0.2) is 16.4 Å². The second kappa shape index (κ2) is 7.46. The standard InChI is InChI=1S/C17H18F3N3O4S/c1-11-8-15(23(22-11)12-6-7-28(25,26)10-12)21-16(24)9-27-14-5-3-2-4-13(14)17(18,19)20/h2-5,8,12H,6-7,9-10H2,1H3,(H,21,24). The molecule has 28 heavy (non-hydrogen) atoms. The van der Waals surface area contributed by atoms with Gasteiger partial charge in [-0.25, -0.2) is 13.1 Å². The average Bonchev–Trinajstić information content (AvgIpc) is 3.14. The number of anilines is 1. The monoisotopic (exact) mass is 417 g/mol. The van der Waals surface area contributed by atoms with E-state index >= 15 is 0 Å². The number of halogens is 3. The molecule has 0 bridgehead atoms. The lowest BCUT2D eigenvalue weighted by molar-refractivity contribution is -0.139. The Morgan fingerprint density at radius 1 is 1.36 bits per heavy atom. The maximum Gasteiger partial charge on any atom is 0.419 e. The molecule has 11 heteroatoms. The molecular weight excluding hydrogens is 399 g/mol. The van der Waals surface area contributed by atoms with E-state index in [0.29, 0.717) is 12.1 Å². The topological polar surface area (TPSA) is 90.3 Å². The molecule has 1 aliphatic rings. The Kier molecular flexibility index (Phi) is 5.37. The molecule has 0 spiro atoms. The SMILES string of the molecule is Cc1cc(NC(=O)COc2ccccc2C(F)(F)F)n(C2CCS(=O)(=O)C2)n1. The lowest BCUT2D eigenvalue weighted by Gasteiger charge is -2.15. The Balaban J connectivity index is 1.69. The number of nitrogens with zero attached hydrogens (tertiary/aromatic N) is 2. The summed E-state index contributed by atoms with van der Waals surface area (Å²) >= 11 is 0. The fourth-order valence-electron chi connectivity index (χ4n) is 3.01.